The average molecular weight is 266 g/mol. The Bertz CT molecular complexity index is 364. The fourth-order valence-corrected chi connectivity index (χ4v) is 2.14. The van der Waals surface area contributed by atoms with Gasteiger partial charge in [-0.15, -0.1) is 0 Å². The molecule has 1 amide bonds. The van der Waals surface area contributed by atoms with E-state index in [0.717, 1.165) is 19.4 Å². The Morgan fingerprint density at radius 3 is 2.63 bits per heavy atom. The minimum Gasteiger partial charge on any atom is -0.352 e. The Morgan fingerprint density at radius 2 is 2.05 bits per heavy atom. The zero-order chi connectivity index (χ0) is 14.3. The number of carbonyl (C=O) groups is 1. The van der Waals surface area contributed by atoms with Crippen LogP contribution in [0.4, 0.5) is 0 Å². The minimum atomic E-state index is -0.183. The molecule has 0 saturated heterocycles. The first-order valence-electron chi connectivity index (χ1n) is 7.05. The molecule has 0 aromatic carbocycles. The summed E-state index contributed by atoms with van der Waals surface area (Å²) in [5, 5.41) is 6.33. The Kier molecular flexibility index (Phi) is 6.56. The first-order chi connectivity index (χ1) is 9.02. The van der Waals surface area contributed by atoms with Crippen LogP contribution in [0.15, 0.2) is 18.7 Å². The van der Waals surface area contributed by atoms with Crippen LogP contribution in [0, 0.1) is 0 Å². The molecule has 0 aliphatic rings. The molecule has 0 aliphatic carbocycles. The Labute approximate surface area is 115 Å². The van der Waals surface area contributed by atoms with Crippen LogP contribution in [0.5, 0.6) is 0 Å². The Balaban J connectivity index is 2.32. The van der Waals surface area contributed by atoms with E-state index in [1.54, 1.807) is 12.5 Å². The maximum atomic E-state index is 12.0. The van der Waals surface area contributed by atoms with E-state index in [1.807, 2.05) is 24.6 Å². The van der Waals surface area contributed by atoms with E-state index in [-0.39, 0.29) is 24.0 Å². The summed E-state index contributed by atoms with van der Waals surface area (Å²) < 4.78 is 2.00. The van der Waals surface area contributed by atoms with Crippen molar-refractivity contribution in [1.82, 2.24) is 20.2 Å². The molecule has 0 aliphatic heterocycles. The van der Waals surface area contributed by atoms with Gasteiger partial charge in [-0.05, 0) is 27.2 Å². The van der Waals surface area contributed by atoms with Gasteiger partial charge in [0.15, 0.2) is 0 Å². The largest absolute Gasteiger partial charge is 0.352 e. The van der Waals surface area contributed by atoms with Crippen LogP contribution in [-0.4, -0.2) is 33.6 Å². The van der Waals surface area contributed by atoms with E-state index in [0.29, 0.717) is 0 Å². The predicted molar refractivity (Wildman–Crippen MR) is 76.8 cm³/mol. The molecule has 0 radical (unpaired) electrons. The van der Waals surface area contributed by atoms with Crippen molar-refractivity contribution in [3.05, 3.63) is 18.7 Å². The van der Waals surface area contributed by atoms with Crippen molar-refractivity contribution >= 4 is 5.91 Å². The molecule has 1 heterocycles. The highest BCUT2D eigenvalue weighted by Gasteiger charge is 2.16. The van der Waals surface area contributed by atoms with Crippen LogP contribution in [0.25, 0.3) is 0 Å². The SMILES string of the molecule is CCCC(C)NC(=O)C(C)NC(C)Cn1ccnc1. The zero-order valence-electron chi connectivity index (χ0n) is 12.4. The summed E-state index contributed by atoms with van der Waals surface area (Å²) in [6.07, 6.45) is 7.57. The van der Waals surface area contributed by atoms with E-state index in [4.69, 9.17) is 0 Å². The molecule has 1 aromatic heterocycles. The number of imidazole rings is 1. The standard InChI is InChI=1S/C14H26N4O/c1-5-6-11(2)17-14(19)13(4)16-12(3)9-18-8-7-15-10-18/h7-8,10-13,16H,5-6,9H2,1-4H3,(H,17,19). The molecule has 108 valence electrons. The Hall–Kier alpha value is -1.36. The molecular weight excluding hydrogens is 240 g/mol. The van der Waals surface area contributed by atoms with Crippen molar-refractivity contribution in [2.75, 3.05) is 0 Å². The van der Waals surface area contributed by atoms with Crippen molar-refractivity contribution in [3.63, 3.8) is 0 Å². The summed E-state index contributed by atoms with van der Waals surface area (Å²) in [4.78, 5) is 16.0. The summed E-state index contributed by atoms with van der Waals surface area (Å²) in [6, 6.07) is 0.278. The molecule has 19 heavy (non-hydrogen) atoms. The maximum Gasteiger partial charge on any atom is 0.237 e. The van der Waals surface area contributed by atoms with Gasteiger partial charge in [0, 0.05) is 31.0 Å². The number of hydrogen-bond donors (Lipinski definition) is 2. The van der Waals surface area contributed by atoms with Gasteiger partial charge in [-0.1, -0.05) is 13.3 Å². The van der Waals surface area contributed by atoms with Gasteiger partial charge >= 0.3 is 0 Å². The lowest BCUT2D eigenvalue weighted by Gasteiger charge is -2.22. The van der Waals surface area contributed by atoms with Crippen molar-refractivity contribution in [2.24, 2.45) is 0 Å². The van der Waals surface area contributed by atoms with E-state index in [2.05, 4.69) is 29.5 Å². The molecule has 0 fully saturated rings. The third kappa shape index (κ3) is 5.87. The van der Waals surface area contributed by atoms with Gasteiger partial charge in [-0.3, -0.25) is 4.79 Å². The summed E-state index contributed by atoms with van der Waals surface area (Å²) in [5.41, 5.74) is 0. The fourth-order valence-electron chi connectivity index (χ4n) is 2.14. The highest BCUT2D eigenvalue weighted by Crippen LogP contribution is 1.98. The van der Waals surface area contributed by atoms with Gasteiger partial charge in [-0.25, -0.2) is 4.98 Å². The van der Waals surface area contributed by atoms with E-state index in [9.17, 15) is 4.79 Å². The molecule has 5 nitrogen and oxygen atoms in total. The molecule has 0 saturated carbocycles. The molecule has 3 atom stereocenters. The van der Waals surface area contributed by atoms with Crippen LogP contribution in [0.3, 0.4) is 0 Å². The lowest BCUT2D eigenvalue weighted by atomic mass is 10.1. The van der Waals surface area contributed by atoms with Crippen molar-refractivity contribution in [1.29, 1.82) is 0 Å². The second-order valence-corrected chi connectivity index (χ2v) is 5.25. The smallest absolute Gasteiger partial charge is 0.237 e. The highest BCUT2D eigenvalue weighted by atomic mass is 16.2. The third-order valence-corrected chi connectivity index (χ3v) is 3.08. The second-order valence-electron chi connectivity index (χ2n) is 5.25. The van der Waals surface area contributed by atoms with Crippen molar-refractivity contribution in [3.8, 4) is 0 Å². The zero-order valence-corrected chi connectivity index (χ0v) is 12.4. The molecule has 0 spiro atoms. The molecular formula is C14H26N4O. The number of rotatable bonds is 8. The van der Waals surface area contributed by atoms with E-state index >= 15 is 0 Å². The van der Waals surface area contributed by atoms with Gasteiger partial charge in [0.1, 0.15) is 0 Å². The average Bonchev–Trinajstić information content (AvgIpc) is 2.81. The summed E-state index contributed by atoms with van der Waals surface area (Å²) >= 11 is 0. The quantitative estimate of drug-likeness (QED) is 0.750. The van der Waals surface area contributed by atoms with Gasteiger partial charge < -0.3 is 15.2 Å². The van der Waals surface area contributed by atoms with E-state index < -0.39 is 0 Å². The first-order valence-corrected chi connectivity index (χ1v) is 7.05. The number of nitrogens with one attached hydrogen (secondary N) is 2. The summed E-state index contributed by atoms with van der Waals surface area (Å²) in [7, 11) is 0. The molecule has 1 aromatic rings. The van der Waals surface area contributed by atoms with Crippen LogP contribution in [0.2, 0.25) is 0 Å². The number of amides is 1. The lowest BCUT2D eigenvalue weighted by molar-refractivity contribution is -0.123. The van der Waals surface area contributed by atoms with Crippen LogP contribution in [-0.2, 0) is 11.3 Å². The minimum absolute atomic E-state index is 0.0680. The molecule has 2 N–H and O–H groups in total. The molecule has 1 rings (SSSR count). The number of aromatic nitrogens is 2. The number of nitrogens with zero attached hydrogens (tertiary/aromatic N) is 2. The summed E-state index contributed by atoms with van der Waals surface area (Å²) in [5.74, 6) is 0.0680. The molecule has 5 heteroatoms. The van der Waals surface area contributed by atoms with Crippen molar-refractivity contribution in [2.45, 2.75) is 65.2 Å². The summed E-state index contributed by atoms with van der Waals surface area (Å²) in [6.45, 7) is 8.94. The van der Waals surface area contributed by atoms with E-state index in [1.165, 1.54) is 0 Å². The second kappa shape index (κ2) is 7.94. The lowest BCUT2D eigenvalue weighted by Crippen LogP contribution is -2.48. The van der Waals surface area contributed by atoms with Crippen LogP contribution in [0.1, 0.15) is 40.5 Å². The Morgan fingerprint density at radius 1 is 1.32 bits per heavy atom. The third-order valence-electron chi connectivity index (χ3n) is 3.08. The fraction of sp³-hybridized carbons (Fsp3) is 0.714. The topological polar surface area (TPSA) is 59.0 Å². The van der Waals surface area contributed by atoms with Crippen LogP contribution < -0.4 is 10.6 Å². The van der Waals surface area contributed by atoms with Crippen molar-refractivity contribution < 1.29 is 4.79 Å². The number of carbonyl (C=O) groups excluding carboxylic acids is 1. The molecule has 0 bridgehead atoms. The molecule has 3 unspecified atom stereocenters. The normalized spacial score (nSPS) is 15.8. The van der Waals surface area contributed by atoms with Gasteiger partial charge in [0.05, 0.1) is 12.4 Å². The van der Waals surface area contributed by atoms with Gasteiger partial charge in [0.2, 0.25) is 5.91 Å². The van der Waals surface area contributed by atoms with Crippen LogP contribution >= 0.6 is 0 Å². The highest BCUT2D eigenvalue weighted by molar-refractivity contribution is 5.81. The first kappa shape index (κ1) is 15.7. The predicted octanol–water partition coefficient (Wildman–Crippen LogP) is 1.55. The monoisotopic (exact) mass is 266 g/mol. The van der Waals surface area contributed by atoms with Gasteiger partial charge in [0.25, 0.3) is 0 Å². The van der Waals surface area contributed by atoms with Gasteiger partial charge in [-0.2, -0.15) is 0 Å². The number of hydrogen-bond acceptors (Lipinski definition) is 3. The maximum absolute atomic E-state index is 12.0.